The molecule has 0 aromatic rings. The van der Waals surface area contributed by atoms with E-state index in [0.717, 1.165) is 0 Å². The maximum atomic E-state index is 11.2. The molecule has 5 nitrogen and oxygen atoms in total. The number of hydrogen-bond donors (Lipinski definition) is 3. The molecule has 0 fully saturated rings. The van der Waals surface area contributed by atoms with Crippen LogP contribution in [0.5, 0.6) is 0 Å². The van der Waals surface area contributed by atoms with Gasteiger partial charge in [-0.15, -0.1) is 0 Å². The van der Waals surface area contributed by atoms with Crippen LogP contribution in [0, 0.1) is 5.92 Å². The summed E-state index contributed by atoms with van der Waals surface area (Å²) in [6.45, 7) is 3.94. The molecule has 0 saturated heterocycles. The third-order valence-corrected chi connectivity index (χ3v) is 1.59. The third kappa shape index (κ3) is 5.05. The molecule has 0 rings (SSSR count). The van der Waals surface area contributed by atoms with E-state index in [4.69, 9.17) is 5.73 Å². The van der Waals surface area contributed by atoms with E-state index in [1.807, 2.05) is 13.8 Å². The predicted molar refractivity (Wildman–Crippen MR) is 50.0 cm³/mol. The van der Waals surface area contributed by atoms with Crippen molar-refractivity contribution < 1.29 is 9.59 Å². The number of rotatable bonds is 4. The lowest BCUT2D eigenvalue weighted by atomic mass is 10.0. The first-order valence-corrected chi connectivity index (χ1v) is 4.25. The van der Waals surface area contributed by atoms with E-state index in [1.165, 1.54) is 7.05 Å². The Labute approximate surface area is 78.1 Å². The summed E-state index contributed by atoms with van der Waals surface area (Å²) in [4.78, 5) is 21.7. The zero-order valence-corrected chi connectivity index (χ0v) is 8.26. The average Bonchev–Trinajstić information content (AvgIpc) is 2.00. The summed E-state index contributed by atoms with van der Waals surface area (Å²) in [5.41, 5.74) is 4.93. The Balaban J connectivity index is 4.18. The molecule has 0 heterocycles. The van der Waals surface area contributed by atoms with Gasteiger partial charge in [0.15, 0.2) is 0 Å². The van der Waals surface area contributed by atoms with E-state index in [9.17, 15) is 9.59 Å². The average molecular weight is 187 g/mol. The van der Waals surface area contributed by atoms with Gasteiger partial charge >= 0.3 is 6.03 Å². The number of carbonyl (C=O) groups excluding carboxylic acids is 2. The van der Waals surface area contributed by atoms with Gasteiger partial charge in [0.1, 0.15) is 6.04 Å². The Morgan fingerprint density at radius 1 is 1.38 bits per heavy atom. The number of nitrogens with two attached hydrogens (primary N) is 1. The summed E-state index contributed by atoms with van der Waals surface area (Å²) >= 11 is 0. The van der Waals surface area contributed by atoms with E-state index >= 15 is 0 Å². The maximum absolute atomic E-state index is 11.2. The van der Waals surface area contributed by atoms with Gasteiger partial charge in [-0.2, -0.15) is 0 Å². The fraction of sp³-hybridized carbons (Fsp3) is 0.750. The summed E-state index contributed by atoms with van der Waals surface area (Å²) in [7, 11) is 1.53. The molecule has 5 heteroatoms. The lowest BCUT2D eigenvalue weighted by Gasteiger charge is -2.17. The fourth-order valence-corrected chi connectivity index (χ4v) is 1.05. The zero-order valence-electron chi connectivity index (χ0n) is 8.26. The van der Waals surface area contributed by atoms with Crippen LogP contribution in [0.3, 0.4) is 0 Å². The van der Waals surface area contributed by atoms with Gasteiger partial charge in [-0.3, -0.25) is 4.79 Å². The minimum absolute atomic E-state index is 0.215. The molecular formula is C8H17N3O2. The molecule has 0 aromatic heterocycles. The lowest BCUT2D eigenvalue weighted by Crippen LogP contribution is -2.48. The van der Waals surface area contributed by atoms with Crippen molar-refractivity contribution in [1.82, 2.24) is 10.6 Å². The quantitative estimate of drug-likeness (QED) is 0.570. The fourth-order valence-electron chi connectivity index (χ4n) is 1.05. The molecule has 76 valence electrons. The van der Waals surface area contributed by atoms with Crippen LogP contribution in [-0.2, 0) is 4.79 Å². The van der Waals surface area contributed by atoms with Gasteiger partial charge in [-0.05, 0) is 12.3 Å². The second-order valence-electron chi connectivity index (χ2n) is 3.30. The smallest absolute Gasteiger partial charge is 0.312 e. The zero-order chi connectivity index (χ0) is 10.4. The van der Waals surface area contributed by atoms with E-state index in [-0.39, 0.29) is 5.91 Å². The van der Waals surface area contributed by atoms with Crippen LogP contribution >= 0.6 is 0 Å². The van der Waals surface area contributed by atoms with Crippen LogP contribution in [-0.4, -0.2) is 25.0 Å². The number of primary amides is 1. The number of likely N-dealkylation sites (N-methyl/N-ethyl adjacent to an activating group) is 1. The molecule has 1 atom stereocenters. The van der Waals surface area contributed by atoms with Gasteiger partial charge < -0.3 is 16.4 Å². The summed E-state index contributed by atoms with van der Waals surface area (Å²) in [6, 6.07) is -1.20. The lowest BCUT2D eigenvalue weighted by molar-refractivity contribution is -0.122. The van der Waals surface area contributed by atoms with Gasteiger partial charge in [0.2, 0.25) is 5.91 Å². The van der Waals surface area contributed by atoms with Crippen LogP contribution < -0.4 is 16.4 Å². The summed E-state index contributed by atoms with van der Waals surface area (Å²) in [6.07, 6.45) is 0.586. The molecule has 1 unspecified atom stereocenters. The van der Waals surface area contributed by atoms with Crippen molar-refractivity contribution in [3.8, 4) is 0 Å². The number of hydrogen-bond acceptors (Lipinski definition) is 2. The van der Waals surface area contributed by atoms with Crippen LogP contribution in [0.4, 0.5) is 4.79 Å². The van der Waals surface area contributed by atoms with Crippen molar-refractivity contribution >= 4 is 11.9 Å². The monoisotopic (exact) mass is 187 g/mol. The van der Waals surface area contributed by atoms with Crippen molar-refractivity contribution in [3.05, 3.63) is 0 Å². The molecular weight excluding hydrogens is 170 g/mol. The van der Waals surface area contributed by atoms with Crippen LogP contribution in [0.1, 0.15) is 20.3 Å². The van der Waals surface area contributed by atoms with Gasteiger partial charge in [0.05, 0.1) is 0 Å². The first-order chi connectivity index (χ1) is 5.97. The molecule has 4 N–H and O–H groups in total. The van der Waals surface area contributed by atoms with Crippen molar-refractivity contribution in [1.29, 1.82) is 0 Å². The second-order valence-corrected chi connectivity index (χ2v) is 3.30. The van der Waals surface area contributed by atoms with Gasteiger partial charge in [-0.1, -0.05) is 13.8 Å². The molecule has 0 aliphatic heterocycles. The standard InChI is InChI=1S/C8H17N3O2/c1-5(2)4-6(7(12)10-3)11-8(9)13/h5-6H,4H2,1-3H3,(H,10,12)(H3,9,11,13). The van der Waals surface area contributed by atoms with Crippen LogP contribution in [0.15, 0.2) is 0 Å². The first kappa shape index (κ1) is 11.7. The minimum atomic E-state index is -0.672. The number of amides is 3. The molecule has 0 bridgehead atoms. The molecule has 0 aromatic carbocycles. The number of urea groups is 1. The highest BCUT2D eigenvalue weighted by atomic mass is 16.2. The highest BCUT2D eigenvalue weighted by molar-refractivity contribution is 5.86. The second kappa shape index (κ2) is 5.40. The Hall–Kier alpha value is -1.26. The topological polar surface area (TPSA) is 84.2 Å². The Bertz CT molecular complexity index is 192. The minimum Gasteiger partial charge on any atom is -0.357 e. The maximum Gasteiger partial charge on any atom is 0.312 e. The van der Waals surface area contributed by atoms with Crippen molar-refractivity contribution in [2.24, 2.45) is 11.7 Å². The largest absolute Gasteiger partial charge is 0.357 e. The molecule has 0 radical (unpaired) electrons. The Morgan fingerprint density at radius 2 is 1.92 bits per heavy atom. The van der Waals surface area contributed by atoms with Gasteiger partial charge in [0, 0.05) is 7.05 Å². The van der Waals surface area contributed by atoms with Crippen molar-refractivity contribution in [2.75, 3.05) is 7.05 Å². The molecule has 0 aliphatic carbocycles. The molecule has 0 spiro atoms. The van der Waals surface area contributed by atoms with E-state index in [1.54, 1.807) is 0 Å². The van der Waals surface area contributed by atoms with E-state index in [2.05, 4.69) is 10.6 Å². The van der Waals surface area contributed by atoms with Crippen molar-refractivity contribution in [2.45, 2.75) is 26.3 Å². The van der Waals surface area contributed by atoms with Gasteiger partial charge in [0.25, 0.3) is 0 Å². The Morgan fingerprint density at radius 3 is 2.23 bits per heavy atom. The molecule has 13 heavy (non-hydrogen) atoms. The Kier molecular flexibility index (Phi) is 4.87. The third-order valence-electron chi connectivity index (χ3n) is 1.59. The summed E-state index contributed by atoms with van der Waals surface area (Å²) in [5, 5.41) is 4.86. The molecule has 0 aliphatic rings. The van der Waals surface area contributed by atoms with E-state index in [0.29, 0.717) is 12.3 Å². The normalized spacial score (nSPS) is 12.3. The summed E-state index contributed by atoms with van der Waals surface area (Å²) in [5.74, 6) is 0.113. The molecule has 0 saturated carbocycles. The first-order valence-electron chi connectivity index (χ1n) is 4.25. The van der Waals surface area contributed by atoms with Crippen LogP contribution in [0.25, 0.3) is 0 Å². The van der Waals surface area contributed by atoms with Gasteiger partial charge in [-0.25, -0.2) is 4.79 Å². The predicted octanol–water partition coefficient (Wildman–Crippen LogP) is -0.185. The SMILES string of the molecule is CNC(=O)C(CC(C)C)NC(N)=O. The number of carbonyl (C=O) groups is 2. The highest BCUT2D eigenvalue weighted by Crippen LogP contribution is 2.04. The van der Waals surface area contributed by atoms with E-state index < -0.39 is 12.1 Å². The van der Waals surface area contributed by atoms with Crippen LogP contribution in [0.2, 0.25) is 0 Å². The molecule has 3 amide bonds. The highest BCUT2D eigenvalue weighted by Gasteiger charge is 2.19. The van der Waals surface area contributed by atoms with Crippen molar-refractivity contribution in [3.63, 3.8) is 0 Å². The summed E-state index contributed by atoms with van der Waals surface area (Å²) < 4.78 is 0. The number of nitrogens with one attached hydrogen (secondary N) is 2.